The summed E-state index contributed by atoms with van der Waals surface area (Å²) in [5.74, 6) is 2.35. The van der Waals surface area contributed by atoms with Crippen molar-refractivity contribution < 1.29 is 9.53 Å². The second kappa shape index (κ2) is 7.75. The predicted octanol–water partition coefficient (Wildman–Crippen LogP) is 3.47. The largest absolute Gasteiger partial charge is 0.356 e. The molecule has 2 aromatic rings. The summed E-state index contributed by atoms with van der Waals surface area (Å²) in [4.78, 5) is 14.7. The minimum atomic E-state index is -0.572. The first-order valence-corrected chi connectivity index (χ1v) is 9.35. The molecule has 0 bridgehead atoms. The van der Waals surface area contributed by atoms with Gasteiger partial charge in [0.25, 0.3) is 5.91 Å². The number of terminal acetylenes is 1. The molecule has 1 unspecified atom stereocenters. The third-order valence-electron chi connectivity index (χ3n) is 4.74. The topological polar surface area (TPSA) is 47.4 Å². The number of carbonyl (C=O) groups excluding carboxylic acids is 1. The van der Waals surface area contributed by atoms with Crippen LogP contribution in [0.4, 0.5) is 0 Å². The average molecular weight is 386 g/mol. The van der Waals surface area contributed by atoms with E-state index in [0.29, 0.717) is 18.1 Å². The molecule has 0 N–H and O–H groups in total. The molecular weight excluding hydrogens is 362 g/mol. The predicted molar refractivity (Wildman–Crippen MR) is 106 cm³/mol. The van der Waals surface area contributed by atoms with Crippen LogP contribution >= 0.6 is 11.6 Å². The van der Waals surface area contributed by atoms with Crippen LogP contribution in [-0.2, 0) is 22.5 Å². The van der Waals surface area contributed by atoms with Gasteiger partial charge in [0.05, 0.1) is 16.9 Å². The highest BCUT2D eigenvalue weighted by molar-refractivity contribution is 6.32. The zero-order valence-electron chi connectivity index (χ0n) is 15.9. The van der Waals surface area contributed by atoms with Gasteiger partial charge in [0.2, 0.25) is 0 Å². The number of amides is 1. The molecule has 0 aliphatic carbocycles. The molecule has 0 saturated carbocycles. The Kier molecular flexibility index (Phi) is 5.59. The molecule has 1 aromatic heterocycles. The summed E-state index contributed by atoms with van der Waals surface area (Å²) in [5.41, 5.74) is 2.84. The van der Waals surface area contributed by atoms with E-state index >= 15 is 0 Å². The smallest absolute Gasteiger partial charge is 0.251 e. The van der Waals surface area contributed by atoms with E-state index in [4.69, 9.17) is 22.8 Å². The van der Waals surface area contributed by atoms with Crippen molar-refractivity contribution in [3.63, 3.8) is 0 Å². The maximum Gasteiger partial charge on any atom is 0.251 e. The lowest BCUT2D eigenvalue weighted by Gasteiger charge is -2.31. The summed E-state index contributed by atoms with van der Waals surface area (Å²) in [6, 6.07) is 7.65. The van der Waals surface area contributed by atoms with Crippen LogP contribution in [0.3, 0.4) is 0 Å². The standard InChI is InChI=1S/C21H24ClN3O2/c1-5-10-27-15(2)20(26)24-13-16-12-23-25(18-9-7-6-8-17(18)22)19(16)11-21(3,4)14-24/h1,6-9,12,15H,10-11,13-14H2,2-4H3. The van der Waals surface area contributed by atoms with E-state index in [1.165, 1.54) is 0 Å². The zero-order valence-corrected chi connectivity index (χ0v) is 16.7. The van der Waals surface area contributed by atoms with Crippen molar-refractivity contribution in [1.82, 2.24) is 14.7 Å². The first-order chi connectivity index (χ1) is 12.8. The molecule has 0 spiro atoms. The summed E-state index contributed by atoms with van der Waals surface area (Å²) in [7, 11) is 0. The van der Waals surface area contributed by atoms with Crippen molar-refractivity contribution in [2.45, 2.75) is 39.8 Å². The van der Waals surface area contributed by atoms with Gasteiger partial charge in [-0.05, 0) is 30.9 Å². The Hall–Kier alpha value is -2.29. The molecular formula is C21H24ClN3O2. The Bertz CT molecular complexity index is 882. The van der Waals surface area contributed by atoms with Gasteiger partial charge in [-0.15, -0.1) is 6.42 Å². The summed E-state index contributed by atoms with van der Waals surface area (Å²) in [6.45, 7) is 7.29. The van der Waals surface area contributed by atoms with Crippen LogP contribution in [0.2, 0.25) is 5.02 Å². The quantitative estimate of drug-likeness (QED) is 0.757. The van der Waals surface area contributed by atoms with Gasteiger partial charge in [0.15, 0.2) is 0 Å². The van der Waals surface area contributed by atoms with Crippen LogP contribution in [0.25, 0.3) is 5.69 Å². The van der Waals surface area contributed by atoms with E-state index in [0.717, 1.165) is 23.4 Å². The second-order valence-corrected chi connectivity index (χ2v) is 8.08. The number of ether oxygens (including phenoxy) is 1. The lowest BCUT2D eigenvalue weighted by molar-refractivity contribution is -0.143. The number of carbonyl (C=O) groups is 1. The Balaban J connectivity index is 1.94. The van der Waals surface area contributed by atoms with Crippen molar-refractivity contribution in [3.8, 4) is 18.0 Å². The van der Waals surface area contributed by atoms with Gasteiger partial charge in [0.1, 0.15) is 12.7 Å². The first-order valence-electron chi connectivity index (χ1n) is 8.97. The molecule has 5 nitrogen and oxygen atoms in total. The highest BCUT2D eigenvalue weighted by Gasteiger charge is 2.34. The summed E-state index contributed by atoms with van der Waals surface area (Å²) < 4.78 is 7.32. The summed E-state index contributed by atoms with van der Waals surface area (Å²) in [6.07, 6.45) is 7.28. The lowest BCUT2D eigenvalue weighted by atomic mass is 9.87. The Labute approximate surface area is 165 Å². The molecule has 1 aromatic carbocycles. The maximum absolute atomic E-state index is 12.9. The lowest BCUT2D eigenvalue weighted by Crippen LogP contribution is -2.42. The van der Waals surface area contributed by atoms with Gasteiger partial charge in [-0.25, -0.2) is 4.68 Å². The molecule has 2 heterocycles. The van der Waals surface area contributed by atoms with E-state index in [9.17, 15) is 4.79 Å². The molecule has 142 valence electrons. The molecule has 0 radical (unpaired) electrons. The highest BCUT2D eigenvalue weighted by Crippen LogP contribution is 2.33. The van der Waals surface area contributed by atoms with Crippen molar-refractivity contribution in [3.05, 3.63) is 46.7 Å². The third-order valence-corrected chi connectivity index (χ3v) is 5.06. The van der Waals surface area contributed by atoms with Gasteiger partial charge >= 0.3 is 0 Å². The molecule has 1 aliphatic heterocycles. The normalized spacial score (nSPS) is 16.9. The molecule has 0 saturated heterocycles. The first kappa shape index (κ1) is 19.5. The van der Waals surface area contributed by atoms with Crippen LogP contribution in [0.1, 0.15) is 32.0 Å². The number of hydrogen-bond donors (Lipinski definition) is 0. The number of para-hydroxylation sites is 1. The Morgan fingerprint density at radius 2 is 2.19 bits per heavy atom. The molecule has 1 aliphatic rings. The van der Waals surface area contributed by atoms with Gasteiger partial charge in [0, 0.05) is 24.3 Å². The number of nitrogens with zero attached hydrogens (tertiary/aromatic N) is 3. The Morgan fingerprint density at radius 3 is 2.89 bits per heavy atom. The fourth-order valence-corrected chi connectivity index (χ4v) is 3.72. The van der Waals surface area contributed by atoms with E-state index in [1.54, 1.807) is 6.92 Å². The zero-order chi connectivity index (χ0) is 19.6. The van der Waals surface area contributed by atoms with Crippen LogP contribution in [0.5, 0.6) is 0 Å². The summed E-state index contributed by atoms with van der Waals surface area (Å²) in [5, 5.41) is 5.21. The highest BCUT2D eigenvalue weighted by atomic mass is 35.5. The van der Waals surface area contributed by atoms with E-state index in [-0.39, 0.29) is 17.9 Å². The van der Waals surface area contributed by atoms with E-state index in [2.05, 4.69) is 24.9 Å². The van der Waals surface area contributed by atoms with Crippen molar-refractivity contribution in [2.24, 2.45) is 5.41 Å². The van der Waals surface area contributed by atoms with Crippen molar-refractivity contribution in [1.29, 1.82) is 0 Å². The van der Waals surface area contributed by atoms with E-state index < -0.39 is 6.10 Å². The van der Waals surface area contributed by atoms with E-state index in [1.807, 2.05) is 40.0 Å². The fourth-order valence-electron chi connectivity index (χ4n) is 3.50. The SMILES string of the molecule is C#CCOC(C)C(=O)N1Cc2cnn(-c3ccccc3Cl)c2CC(C)(C)C1. The van der Waals surface area contributed by atoms with Crippen LogP contribution in [0.15, 0.2) is 30.5 Å². The van der Waals surface area contributed by atoms with Crippen molar-refractivity contribution in [2.75, 3.05) is 13.2 Å². The molecule has 6 heteroatoms. The minimum Gasteiger partial charge on any atom is -0.356 e. The number of aromatic nitrogens is 2. The van der Waals surface area contributed by atoms with Gasteiger partial charge in [-0.3, -0.25) is 4.79 Å². The van der Waals surface area contributed by atoms with Gasteiger partial charge in [-0.2, -0.15) is 5.10 Å². The van der Waals surface area contributed by atoms with Crippen LogP contribution in [-0.4, -0.2) is 39.8 Å². The van der Waals surface area contributed by atoms with Crippen LogP contribution in [0, 0.1) is 17.8 Å². The number of halogens is 1. The molecule has 1 atom stereocenters. The molecule has 27 heavy (non-hydrogen) atoms. The molecule has 0 fully saturated rings. The monoisotopic (exact) mass is 385 g/mol. The van der Waals surface area contributed by atoms with Crippen molar-refractivity contribution >= 4 is 17.5 Å². The number of rotatable bonds is 4. The average Bonchev–Trinajstić information content (AvgIpc) is 2.93. The maximum atomic E-state index is 12.9. The van der Waals surface area contributed by atoms with Gasteiger partial charge in [-0.1, -0.05) is 43.5 Å². The Morgan fingerprint density at radius 1 is 1.44 bits per heavy atom. The number of fused-ring (bicyclic) bond motifs is 1. The fraction of sp³-hybridized carbons (Fsp3) is 0.429. The number of hydrogen-bond acceptors (Lipinski definition) is 3. The summed E-state index contributed by atoms with van der Waals surface area (Å²) >= 11 is 6.38. The number of benzene rings is 1. The molecule has 3 rings (SSSR count). The minimum absolute atomic E-state index is 0.0586. The van der Waals surface area contributed by atoms with Gasteiger partial charge < -0.3 is 9.64 Å². The second-order valence-electron chi connectivity index (χ2n) is 7.67. The third kappa shape index (κ3) is 4.18. The molecule has 1 amide bonds. The van der Waals surface area contributed by atoms with Crippen LogP contribution < -0.4 is 0 Å².